The van der Waals surface area contributed by atoms with E-state index in [1.165, 1.54) is 29.2 Å². The van der Waals surface area contributed by atoms with Crippen molar-refractivity contribution in [2.24, 2.45) is 0 Å². The van der Waals surface area contributed by atoms with Gasteiger partial charge in [0.1, 0.15) is 22.3 Å². The van der Waals surface area contributed by atoms with Crippen LogP contribution in [0.25, 0.3) is 0 Å². The number of methoxy groups -OCH3 is 1. The fraction of sp³-hybridized carbons (Fsp3) is 0.304. The third kappa shape index (κ3) is 5.59. The number of carbonyl (C=O) groups is 1. The average molecular weight is 441 g/mol. The highest BCUT2D eigenvalue weighted by atomic mass is 32.1. The van der Waals surface area contributed by atoms with Crippen LogP contribution < -0.4 is 15.0 Å². The predicted octanol–water partition coefficient (Wildman–Crippen LogP) is 3.54. The third-order valence-electron chi connectivity index (χ3n) is 5.30. The van der Waals surface area contributed by atoms with Crippen LogP contribution in [0.2, 0.25) is 0 Å². The van der Waals surface area contributed by atoms with Crippen LogP contribution in [0, 0.1) is 5.82 Å². The number of benzene rings is 2. The summed E-state index contributed by atoms with van der Waals surface area (Å²) in [6, 6.07) is 14.2. The van der Waals surface area contributed by atoms with Gasteiger partial charge in [-0.2, -0.15) is 0 Å². The summed E-state index contributed by atoms with van der Waals surface area (Å²) < 4.78 is 18.3. The summed E-state index contributed by atoms with van der Waals surface area (Å²) in [6.07, 6.45) is 0. The average Bonchev–Trinajstić information content (AvgIpc) is 3.27. The molecule has 0 radical (unpaired) electrons. The maximum atomic E-state index is 13.0. The Bertz CT molecular complexity index is 1020. The number of halogens is 1. The quantitative estimate of drug-likeness (QED) is 0.609. The molecule has 3 aromatic rings. The number of rotatable bonds is 7. The summed E-state index contributed by atoms with van der Waals surface area (Å²) in [7, 11) is 1.68. The molecule has 1 amide bonds. The first-order chi connectivity index (χ1) is 15.1. The summed E-state index contributed by atoms with van der Waals surface area (Å²) in [4.78, 5) is 21.6. The van der Waals surface area contributed by atoms with Crippen LogP contribution >= 0.6 is 11.3 Å². The van der Waals surface area contributed by atoms with Gasteiger partial charge in [0, 0.05) is 49.9 Å². The number of carbonyl (C=O) groups excluding carboxylic acids is 1. The van der Waals surface area contributed by atoms with Crippen molar-refractivity contribution in [1.29, 1.82) is 0 Å². The molecule has 0 spiro atoms. The third-order valence-corrected chi connectivity index (χ3v) is 6.13. The van der Waals surface area contributed by atoms with Gasteiger partial charge in [-0.05, 0) is 29.8 Å². The second kappa shape index (κ2) is 9.89. The Morgan fingerprint density at radius 3 is 2.68 bits per heavy atom. The second-order valence-electron chi connectivity index (χ2n) is 7.40. The molecule has 31 heavy (non-hydrogen) atoms. The van der Waals surface area contributed by atoms with Crippen molar-refractivity contribution < 1.29 is 13.9 Å². The van der Waals surface area contributed by atoms with E-state index in [2.05, 4.69) is 32.2 Å². The maximum Gasteiger partial charge on any atom is 0.271 e. The van der Waals surface area contributed by atoms with Gasteiger partial charge >= 0.3 is 0 Å². The molecule has 1 saturated heterocycles. The molecule has 0 atom stereocenters. The number of nitrogens with zero attached hydrogens (tertiary/aromatic N) is 3. The second-order valence-corrected chi connectivity index (χ2v) is 8.34. The van der Waals surface area contributed by atoms with E-state index in [0.717, 1.165) is 49.0 Å². The molecular formula is C23H25FN4O2S. The number of piperazine rings is 1. The molecule has 1 fully saturated rings. The van der Waals surface area contributed by atoms with Crippen LogP contribution in [0.5, 0.6) is 5.75 Å². The highest BCUT2D eigenvalue weighted by Gasteiger charge is 2.19. The van der Waals surface area contributed by atoms with Gasteiger partial charge in [-0.15, -0.1) is 11.3 Å². The molecule has 2 heterocycles. The Hall–Kier alpha value is -2.97. The van der Waals surface area contributed by atoms with Crippen molar-refractivity contribution in [3.8, 4) is 5.75 Å². The lowest BCUT2D eigenvalue weighted by Crippen LogP contribution is -2.45. The van der Waals surface area contributed by atoms with Crippen molar-refractivity contribution >= 4 is 22.9 Å². The lowest BCUT2D eigenvalue weighted by atomic mass is 10.2. The lowest BCUT2D eigenvalue weighted by Gasteiger charge is -2.35. The highest BCUT2D eigenvalue weighted by Crippen LogP contribution is 2.23. The van der Waals surface area contributed by atoms with Crippen molar-refractivity contribution in [3.63, 3.8) is 0 Å². The molecule has 162 valence electrons. The number of hydrogen-bond donors (Lipinski definition) is 1. The molecule has 1 aliphatic heterocycles. The fourth-order valence-electron chi connectivity index (χ4n) is 3.53. The van der Waals surface area contributed by atoms with Gasteiger partial charge in [-0.25, -0.2) is 9.37 Å². The first-order valence-corrected chi connectivity index (χ1v) is 11.1. The summed E-state index contributed by atoms with van der Waals surface area (Å²) in [5.41, 5.74) is 2.45. The number of hydrogen-bond acceptors (Lipinski definition) is 6. The fourth-order valence-corrected chi connectivity index (χ4v) is 4.34. The van der Waals surface area contributed by atoms with Gasteiger partial charge in [0.25, 0.3) is 5.91 Å². The van der Waals surface area contributed by atoms with Crippen molar-refractivity contribution in [1.82, 2.24) is 15.2 Å². The number of aromatic nitrogens is 1. The Labute approximate surface area is 185 Å². The molecular weight excluding hydrogens is 415 g/mol. The maximum absolute atomic E-state index is 13.0. The Morgan fingerprint density at radius 1 is 1.16 bits per heavy atom. The molecule has 1 aliphatic rings. The lowest BCUT2D eigenvalue weighted by molar-refractivity contribution is 0.0946. The number of nitrogens with one attached hydrogen (secondary N) is 1. The van der Waals surface area contributed by atoms with E-state index in [1.54, 1.807) is 24.6 Å². The summed E-state index contributed by atoms with van der Waals surface area (Å²) in [5.74, 6) is 0.367. The summed E-state index contributed by atoms with van der Waals surface area (Å²) >= 11 is 1.50. The predicted molar refractivity (Wildman–Crippen MR) is 120 cm³/mol. The smallest absolute Gasteiger partial charge is 0.271 e. The minimum atomic E-state index is -0.288. The number of anilines is 1. The first kappa shape index (κ1) is 21.3. The van der Waals surface area contributed by atoms with Crippen LogP contribution in [0.15, 0.2) is 53.9 Å². The molecule has 1 aromatic heterocycles. The van der Waals surface area contributed by atoms with Crippen LogP contribution in [0.4, 0.5) is 10.1 Å². The van der Waals surface area contributed by atoms with Crippen LogP contribution in [-0.4, -0.2) is 49.1 Å². The van der Waals surface area contributed by atoms with E-state index in [4.69, 9.17) is 4.74 Å². The zero-order valence-corrected chi connectivity index (χ0v) is 18.2. The largest absolute Gasteiger partial charge is 0.497 e. The number of amides is 1. The zero-order valence-electron chi connectivity index (χ0n) is 17.4. The van der Waals surface area contributed by atoms with Crippen molar-refractivity contribution in [2.45, 2.75) is 13.1 Å². The minimum Gasteiger partial charge on any atom is -0.497 e. The Morgan fingerprint density at radius 2 is 1.94 bits per heavy atom. The van der Waals surface area contributed by atoms with Crippen LogP contribution in [0.1, 0.15) is 21.1 Å². The van der Waals surface area contributed by atoms with E-state index >= 15 is 0 Å². The molecule has 8 heteroatoms. The normalized spacial score (nSPS) is 14.5. The standard InChI is InChI=1S/C23H25FN4O2S/c1-30-20-4-2-3-19(13-20)28-11-9-27(10-12-28)15-22-26-21(16-31-22)23(29)25-14-17-5-7-18(24)8-6-17/h2-8,13,16H,9-12,14-15H2,1H3,(H,25,29). The Balaban J connectivity index is 1.26. The van der Waals surface area contributed by atoms with Crippen molar-refractivity contribution in [3.05, 3.63) is 76.0 Å². The van der Waals surface area contributed by atoms with E-state index in [1.807, 2.05) is 12.1 Å². The van der Waals surface area contributed by atoms with Gasteiger partial charge in [-0.1, -0.05) is 18.2 Å². The Kier molecular flexibility index (Phi) is 6.79. The van der Waals surface area contributed by atoms with Crippen LogP contribution in [-0.2, 0) is 13.1 Å². The minimum absolute atomic E-state index is 0.213. The molecule has 0 bridgehead atoms. The highest BCUT2D eigenvalue weighted by molar-refractivity contribution is 7.09. The SMILES string of the molecule is COc1cccc(N2CCN(Cc3nc(C(=O)NCc4ccc(F)cc4)cs3)CC2)c1. The van der Waals surface area contributed by atoms with E-state index in [-0.39, 0.29) is 11.7 Å². The summed E-state index contributed by atoms with van der Waals surface area (Å²) in [6.45, 7) is 4.82. The van der Waals surface area contributed by atoms with Gasteiger partial charge in [0.05, 0.1) is 13.7 Å². The van der Waals surface area contributed by atoms with Gasteiger partial charge in [-0.3, -0.25) is 9.69 Å². The van der Waals surface area contributed by atoms with Crippen molar-refractivity contribution in [2.75, 3.05) is 38.2 Å². The summed E-state index contributed by atoms with van der Waals surface area (Å²) in [5, 5.41) is 5.56. The van der Waals surface area contributed by atoms with E-state index < -0.39 is 0 Å². The van der Waals surface area contributed by atoms with E-state index in [9.17, 15) is 9.18 Å². The molecule has 0 saturated carbocycles. The number of thiazole rings is 1. The zero-order chi connectivity index (χ0) is 21.6. The monoisotopic (exact) mass is 440 g/mol. The first-order valence-electron chi connectivity index (χ1n) is 10.2. The molecule has 0 unspecified atom stereocenters. The molecule has 6 nitrogen and oxygen atoms in total. The van der Waals surface area contributed by atoms with Gasteiger partial charge < -0.3 is 15.0 Å². The van der Waals surface area contributed by atoms with Crippen LogP contribution in [0.3, 0.4) is 0 Å². The molecule has 4 rings (SSSR count). The van der Waals surface area contributed by atoms with Gasteiger partial charge in [0.15, 0.2) is 0 Å². The molecule has 1 N–H and O–H groups in total. The molecule has 0 aliphatic carbocycles. The molecule has 2 aromatic carbocycles. The number of ether oxygens (including phenoxy) is 1. The van der Waals surface area contributed by atoms with E-state index in [0.29, 0.717) is 12.2 Å². The topological polar surface area (TPSA) is 57.7 Å². The van der Waals surface area contributed by atoms with Gasteiger partial charge in [0.2, 0.25) is 0 Å².